The zero-order chi connectivity index (χ0) is 17.4. The standard InChI is InChI=1S/C19H26O4/c1-13(2)6-5-7-14(3)8-9-15-10-17(20)11-16(19(15)22)12-18(21)23-4/h6,8,10-11,20,22H,5,7,9,12H2,1-4H3/b14-8+. The van der Waals surface area contributed by atoms with Crippen LogP contribution in [0.25, 0.3) is 0 Å². The number of carbonyl (C=O) groups excluding carboxylic acids is 1. The molecule has 0 aliphatic heterocycles. The van der Waals surface area contributed by atoms with Crippen LogP contribution >= 0.6 is 0 Å². The number of phenolic OH excluding ortho intramolecular Hbond substituents is 2. The average molecular weight is 318 g/mol. The third-order valence-electron chi connectivity index (χ3n) is 3.58. The quantitative estimate of drug-likeness (QED) is 0.452. The van der Waals surface area contributed by atoms with Crippen molar-refractivity contribution in [3.05, 3.63) is 46.6 Å². The number of carbonyl (C=O) groups is 1. The van der Waals surface area contributed by atoms with Gasteiger partial charge in [0.1, 0.15) is 11.5 Å². The first-order valence-electron chi connectivity index (χ1n) is 7.73. The number of rotatable bonds is 7. The second kappa shape index (κ2) is 9.03. The van der Waals surface area contributed by atoms with E-state index in [0.717, 1.165) is 12.8 Å². The molecule has 0 radical (unpaired) electrons. The Morgan fingerprint density at radius 2 is 1.78 bits per heavy atom. The summed E-state index contributed by atoms with van der Waals surface area (Å²) in [6.07, 6.45) is 6.62. The van der Waals surface area contributed by atoms with Gasteiger partial charge in [-0.1, -0.05) is 23.3 Å². The van der Waals surface area contributed by atoms with Gasteiger partial charge in [-0.2, -0.15) is 0 Å². The number of methoxy groups -OCH3 is 1. The Kier molecular flexibility index (Phi) is 7.39. The molecule has 0 saturated heterocycles. The molecule has 0 bridgehead atoms. The Morgan fingerprint density at radius 1 is 1.13 bits per heavy atom. The van der Waals surface area contributed by atoms with E-state index >= 15 is 0 Å². The fourth-order valence-electron chi connectivity index (χ4n) is 2.23. The maximum absolute atomic E-state index is 11.4. The summed E-state index contributed by atoms with van der Waals surface area (Å²) >= 11 is 0. The fraction of sp³-hybridized carbons (Fsp3) is 0.421. The molecule has 4 nitrogen and oxygen atoms in total. The smallest absolute Gasteiger partial charge is 0.310 e. The van der Waals surface area contributed by atoms with Crippen LogP contribution in [-0.2, 0) is 22.4 Å². The number of ether oxygens (including phenoxy) is 1. The van der Waals surface area contributed by atoms with Gasteiger partial charge in [0.25, 0.3) is 0 Å². The number of hydrogen-bond acceptors (Lipinski definition) is 4. The molecule has 4 heteroatoms. The number of hydrogen-bond donors (Lipinski definition) is 2. The number of benzene rings is 1. The SMILES string of the molecule is COC(=O)Cc1cc(O)cc(C/C=C(\C)CCC=C(C)C)c1O. The highest BCUT2D eigenvalue weighted by molar-refractivity contribution is 5.74. The molecule has 0 amide bonds. The molecular weight excluding hydrogens is 292 g/mol. The van der Waals surface area contributed by atoms with E-state index in [2.05, 4.69) is 24.7 Å². The molecule has 0 unspecified atom stereocenters. The summed E-state index contributed by atoms with van der Waals surface area (Å²) in [5.41, 5.74) is 3.50. The van der Waals surface area contributed by atoms with Crippen molar-refractivity contribution >= 4 is 5.97 Å². The second-order valence-electron chi connectivity index (χ2n) is 5.94. The molecule has 0 aliphatic carbocycles. The summed E-state index contributed by atoms with van der Waals surface area (Å²) in [7, 11) is 1.29. The zero-order valence-electron chi connectivity index (χ0n) is 14.3. The summed E-state index contributed by atoms with van der Waals surface area (Å²) in [6, 6.07) is 2.91. The monoisotopic (exact) mass is 318 g/mol. The van der Waals surface area contributed by atoms with Crippen molar-refractivity contribution in [1.82, 2.24) is 0 Å². The molecule has 126 valence electrons. The van der Waals surface area contributed by atoms with Crippen LogP contribution in [-0.4, -0.2) is 23.3 Å². The van der Waals surface area contributed by atoms with Crippen LogP contribution in [0.2, 0.25) is 0 Å². The first-order chi connectivity index (χ1) is 10.8. The highest BCUT2D eigenvalue weighted by Gasteiger charge is 2.13. The molecule has 0 fully saturated rings. The molecule has 0 aromatic heterocycles. The van der Waals surface area contributed by atoms with Gasteiger partial charge in [-0.3, -0.25) is 4.79 Å². The van der Waals surface area contributed by atoms with Gasteiger partial charge >= 0.3 is 5.97 Å². The van der Waals surface area contributed by atoms with Gasteiger partial charge in [-0.25, -0.2) is 0 Å². The lowest BCUT2D eigenvalue weighted by Gasteiger charge is -2.09. The van der Waals surface area contributed by atoms with Gasteiger partial charge in [0.15, 0.2) is 0 Å². The van der Waals surface area contributed by atoms with E-state index in [1.807, 2.05) is 13.0 Å². The number of aromatic hydroxyl groups is 2. The summed E-state index contributed by atoms with van der Waals surface area (Å²) in [4.78, 5) is 11.4. The molecule has 1 aromatic rings. The van der Waals surface area contributed by atoms with Crippen molar-refractivity contribution in [2.24, 2.45) is 0 Å². The normalized spacial score (nSPS) is 11.2. The third-order valence-corrected chi connectivity index (χ3v) is 3.58. The van der Waals surface area contributed by atoms with Crippen molar-refractivity contribution < 1.29 is 19.7 Å². The molecule has 1 rings (SSSR count). The van der Waals surface area contributed by atoms with Gasteiger partial charge in [0.05, 0.1) is 13.5 Å². The van der Waals surface area contributed by atoms with Crippen LogP contribution < -0.4 is 0 Å². The van der Waals surface area contributed by atoms with Crippen LogP contribution in [0, 0.1) is 0 Å². The topological polar surface area (TPSA) is 66.8 Å². The minimum atomic E-state index is -0.453. The van der Waals surface area contributed by atoms with Gasteiger partial charge < -0.3 is 14.9 Å². The Bertz CT molecular complexity index is 608. The lowest BCUT2D eigenvalue weighted by molar-refractivity contribution is -0.139. The summed E-state index contributed by atoms with van der Waals surface area (Å²) in [6.45, 7) is 6.20. The van der Waals surface area contributed by atoms with Crippen molar-refractivity contribution in [3.63, 3.8) is 0 Å². The predicted molar refractivity (Wildman–Crippen MR) is 91.6 cm³/mol. The van der Waals surface area contributed by atoms with Gasteiger partial charge in [-0.15, -0.1) is 0 Å². The second-order valence-corrected chi connectivity index (χ2v) is 5.94. The maximum Gasteiger partial charge on any atom is 0.310 e. The van der Waals surface area contributed by atoms with E-state index in [1.54, 1.807) is 0 Å². The van der Waals surface area contributed by atoms with Crippen LogP contribution in [0.3, 0.4) is 0 Å². The molecule has 0 heterocycles. The molecule has 23 heavy (non-hydrogen) atoms. The Hall–Kier alpha value is -2.23. The Morgan fingerprint density at radius 3 is 2.39 bits per heavy atom. The first kappa shape index (κ1) is 18.8. The van der Waals surface area contributed by atoms with Crippen molar-refractivity contribution in [1.29, 1.82) is 0 Å². The lowest BCUT2D eigenvalue weighted by atomic mass is 10.0. The number of phenols is 2. The highest BCUT2D eigenvalue weighted by Crippen LogP contribution is 2.29. The largest absolute Gasteiger partial charge is 0.508 e. The molecule has 2 N–H and O–H groups in total. The number of allylic oxidation sites excluding steroid dienone is 4. The van der Waals surface area contributed by atoms with Crippen LogP contribution in [0.15, 0.2) is 35.4 Å². The Labute approximate surface area is 138 Å². The molecule has 0 spiro atoms. The summed E-state index contributed by atoms with van der Waals surface area (Å²) in [5, 5.41) is 20.0. The molecular formula is C19H26O4. The van der Waals surface area contributed by atoms with Crippen molar-refractivity contribution in [3.8, 4) is 11.5 Å². The van der Waals surface area contributed by atoms with Crippen LogP contribution in [0.4, 0.5) is 0 Å². The van der Waals surface area contributed by atoms with Gasteiger partial charge in [0.2, 0.25) is 0 Å². The maximum atomic E-state index is 11.4. The first-order valence-corrected chi connectivity index (χ1v) is 7.73. The van der Waals surface area contributed by atoms with E-state index in [-0.39, 0.29) is 17.9 Å². The molecule has 0 aliphatic rings. The van der Waals surface area contributed by atoms with Gasteiger partial charge in [0, 0.05) is 11.1 Å². The Balaban J connectivity index is 2.83. The predicted octanol–water partition coefficient (Wildman–Crippen LogP) is 4.05. The third kappa shape index (κ3) is 6.59. The summed E-state index contributed by atoms with van der Waals surface area (Å²) < 4.78 is 4.60. The summed E-state index contributed by atoms with van der Waals surface area (Å²) in [5.74, 6) is -0.376. The molecule has 0 atom stereocenters. The minimum absolute atomic E-state index is 0.0345. The number of esters is 1. The highest BCUT2D eigenvalue weighted by atomic mass is 16.5. The van der Waals surface area contributed by atoms with E-state index in [1.165, 1.54) is 30.4 Å². The van der Waals surface area contributed by atoms with Crippen molar-refractivity contribution in [2.45, 2.75) is 46.5 Å². The van der Waals surface area contributed by atoms with E-state index in [0.29, 0.717) is 17.5 Å². The van der Waals surface area contributed by atoms with Crippen molar-refractivity contribution in [2.75, 3.05) is 7.11 Å². The van der Waals surface area contributed by atoms with E-state index in [4.69, 9.17) is 0 Å². The molecule has 1 aromatic carbocycles. The zero-order valence-corrected chi connectivity index (χ0v) is 14.3. The lowest BCUT2D eigenvalue weighted by Crippen LogP contribution is -2.05. The van der Waals surface area contributed by atoms with E-state index in [9.17, 15) is 15.0 Å². The van der Waals surface area contributed by atoms with E-state index < -0.39 is 5.97 Å². The average Bonchev–Trinajstić information content (AvgIpc) is 2.48. The fourth-order valence-corrected chi connectivity index (χ4v) is 2.23. The van der Waals surface area contributed by atoms with Crippen LogP contribution in [0.5, 0.6) is 11.5 Å². The van der Waals surface area contributed by atoms with Gasteiger partial charge in [-0.05, 0) is 52.2 Å². The minimum Gasteiger partial charge on any atom is -0.508 e. The molecule has 0 saturated carbocycles. The van der Waals surface area contributed by atoms with Crippen LogP contribution in [0.1, 0.15) is 44.7 Å².